The largest absolute Gasteiger partial charge is 0.357 e. The van der Waals surface area contributed by atoms with E-state index in [1.165, 1.54) is 24.5 Å². The van der Waals surface area contributed by atoms with Crippen molar-refractivity contribution >= 4 is 23.5 Å². The molecule has 2 N–H and O–H groups in total. The quantitative estimate of drug-likeness (QED) is 0.684. The van der Waals surface area contributed by atoms with Gasteiger partial charge < -0.3 is 15.5 Å². The number of hydrogen-bond acceptors (Lipinski definition) is 5. The number of carbonyl (C=O) groups excluding carboxylic acids is 2. The number of hydrogen-bond donors (Lipinski definition) is 2. The van der Waals surface area contributed by atoms with E-state index in [2.05, 4.69) is 20.6 Å². The molecule has 2 amide bonds. The number of amides is 2. The van der Waals surface area contributed by atoms with Crippen LogP contribution in [-0.2, 0) is 10.2 Å². The molecule has 0 unspecified atom stereocenters. The van der Waals surface area contributed by atoms with Crippen molar-refractivity contribution in [1.29, 1.82) is 0 Å². The number of likely N-dealkylation sites (tertiary alicyclic amines) is 1. The summed E-state index contributed by atoms with van der Waals surface area (Å²) in [5.41, 5.74) is 1.68. The van der Waals surface area contributed by atoms with Crippen molar-refractivity contribution in [2.45, 2.75) is 17.9 Å². The Morgan fingerprint density at radius 1 is 1.16 bits per heavy atom. The Balaban J connectivity index is 1.63. The molecule has 1 fully saturated rings. The summed E-state index contributed by atoms with van der Waals surface area (Å²) in [6.07, 6.45) is 3.40. The lowest BCUT2D eigenvalue weighted by molar-refractivity contribution is -0.121. The molecule has 1 aromatic heterocycles. The molecule has 0 saturated carbocycles. The fourth-order valence-corrected chi connectivity index (χ4v) is 4.75. The Hall–Kier alpha value is -3.81. The highest BCUT2D eigenvalue weighted by Crippen LogP contribution is 2.54. The molecule has 5 rings (SSSR count). The van der Waals surface area contributed by atoms with Crippen LogP contribution < -0.4 is 10.6 Å². The van der Waals surface area contributed by atoms with Gasteiger partial charge in [-0.1, -0.05) is 30.3 Å². The summed E-state index contributed by atoms with van der Waals surface area (Å²) in [6, 6.07) is 12.9. The normalized spacial score (nSPS) is 21.8. The van der Waals surface area contributed by atoms with Crippen LogP contribution in [0.4, 0.5) is 16.0 Å². The summed E-state index contributed by atoms with van der Waals surface area (Å²) < 4.78 is 13.7. The van der Waals surface area contributed by atoms with Crippen LogP contribution in [0.3, 0.4) is 0 Å². The molecule has 1 saturated heterocycles. The number of anilines is 2. The number of nitrogens with one attached hydrogen (secondary N) is 2. The first-order valence-electron chi connectivity index (χ1n) is 10.0. The molecule has 2 aliphatic heterocycles. The minimum atomic E-state index is -0.949. The molecular weight excluding hydrogens is 397 g/mol. The second kappa shape index (κ2) is 7.16. The third-order valence-corrected chi connectivity index (χ3v) is 6.16. The summed E-state index contributed by atoms with van der Waals surface area (Å²) >= 11 is 0. The lowest BCUT2D eigenvalue weighted by Crippen LogP contribution is -2.42. The van der Waals surface area contributed by atoms with E-state index >= 15 is 0 Å². The van der Waals surface area contributed by atoms with Gasteiger partial charge in [-0.2, -0.15) is 0 Å². The Morgan fingerprint density at radius 3 is 2.58 bits per heavy atom. The molecule has 0 bridgehead atoms. The van der Waals surface area contributed by atoms with Crippen LogP contribution in [0.5, 0.6) is 0 Å². The van der Waals surface area contributed by atoms with Gasteiger partial charge in [-0.3, -0.25) is 9.59 Å². The van der Waals surface area contributed by atoms with Crippen LogP contribution in [0, 0.1) is 5.82 Å². The number of fused-ring (bicyclic) bond motifs is 2. The number of benzene rings is 2. The van der Waals surface area contributed by atoms with Crippen molar-refractivity contribution in [2.75, 3.05) is 24.2 Å². The van der Waals surface area contributed by atoms with E-state index in [0.29, 0.717) is 30.0 Å². The zero-order chi connectivity index (χ0) is 21.6. The van der Waals surface area contributed by atoms with Gasteiger partial charge in [0.25, 0.3) is 5.91 Å². The molecule has 0 aliphatic carbocycles. The molecule has 31 heavy (non-hydrogen) atoms. The highest BCUT2D eigenvalue weighted by molar-refractivity contribution is 6.08. The van der Waals surface area contributed by atoms with Gasteiger partial charge in [0, 0.05) is 31.7 Å². The Kier molecular flexibility index (Phi) is 4.43. The van der Waals surface area contributed by atoms with Crippen LogP contribution in [0.25, 0.3) is 0 Å². The van der Waals surface area contributed by atoms with Crippen molar-refractivity contribution in [3.8, 4) is 0 Å². The Morgan fingerprint density at radius 2 is 1.87 bits per heavy atom. The molecule has 2 atom stereocenters. The minimum Gasteiger partial charge on any atom is -0.357 e. The van der Waals surface area contributed by atoms with Crippen LogP contribution in [-0.4, -0.2) is 40.3 Å². The Bertz CT molecular complexity index is 1170. The fraction of sp³-hybridized carbons (Fsp3) is 0.217. The van der Waals surface area contributed by atoms with E-state index in [0.717, 1.165) is 11.3 Å². The molecule has 2 aromatic carbocycles. The van der Waals surface area contributed by atoms with Gasteiger partial charge in [0.1, 0.15) is 11.2 Å². The van der Waals surface area contributed by atoms with Crippen LogP contribution in [0.2, 0.25) is 0 Å². The molecule has 1 spiro atoms. The van der Waals surface area contributed by atoms with Gasteiger partial charge in [-0.25, -0.2) is 14.4 Å². The fourth-order valence-electron chi connectivity index (χ4n) is 4.75. The zero-order valence-electron chi connectivity index (χ0n) is 16.8. The highest BCUT2D eigenvalue weighted by Gasteiger charge is 2.59. The van der Waals surface area contributed by atoms with Crippen LogP contribution >= 0.6 is 0 Å². The van der Waals surface area contributed by atoms with Crippen LogP contribution in [0.1, 0.15) is 33.9 Å². The molecular formula is C23H20FN5O2. The van der Waals surface area contributed by atoms with Gasteiger partial charge in [-0.05, 0) is 35.7 Å². The average Bonchev–Trinajstić information content (AvgIpc) is 3.33. The maximum absolute atomic E-state index is 13.7. The molecule has 156 valence electrons. The molecule has 2 aliphatic rings. The van der Waals surface area contributed by atoms with E-state index in [4.69, 9.17) is 0 Å². The lowest BCUT2D eigenvalue weighted by atomic mass is 9.72. The van der Waals surface area contributed by atoms with Gasteiger partial charge in [-0.15, -0.1) is 0 Å². The van der Waals surface area contributed by atoms with Gasteiger partial charge >= 0.3 is 0 Å². The van der Waals surface area contributed by atoms with Crippen LogP contribution in [0.15, 0.2) is 60.9 Å². The number of halogens is 1. The van der Waals surface area contributed by atoms with Crippen molar-refractivity contribution < 1.29 is 14.0 Å². The molecule has 3 aromatic rings. The molecule has 3 heterocycles. The topological polar surface area (TPSA) is 87.2 Å². The summed E-state index contributed by atoms with van der Waals surface area (Å²) in [5.74, 6) is -0.388. The van der Waals surface area contributed by atoms with E-state index in [1.807, 2.05) is 24.3 Å². The highest BCUT2D eigenvalue weighted by atomic mass is 19.1. The van der Waals surface area contributed by atoms with E-state index in [1.54, 1.807) is 24.1 Å². The Labute approximate surface area is 178 Å². The zero-order valence-corrected chi connectivity index (χ0v) is 16.8. The lowest BCUT2D eigenvalue weighted by Gasteiger charge is -2.34. The summed E-state index contributed by atoms with van der Waals surface area (Å²) in [4.78, 5) is 36.8. The van der Waals surface area contributed by atoms with Crippen molar-refractivity contribution in [2.24, 2.45) is 0 Å². The number of para-hydroxylation sites is 1. The monoisotopic (exact) mass is 417 g/mol. The predicted molar refractivity (Wildman–Crippen MR) is 113 cm³/mol. The maximum Gasteiger partial charge on any atom is 0.257 e. The first-order chi connectivity index (χ1) is 15.0. The second-order valence-electron chi connectivity index (χ2n) is 7.72. The van der Waals surface area contributed by atoms with E-state index < -0.39 is 11.5 Å². The van der Waals surface area contributed by atoms with Gasteiger partial charge in [0.2, 0.25) is 11.9 Å². The number of nitrogens with zero attached hydrogens (tertiary/aromatic N) is 3. The maximum atomic E-state index is 13.7. The summed E-state index contributed by atoms with van der Waals surface area (Å²) in [7, 11) is 1.70. The van der Waals surface area contributed by atoms with Crippen molar-refractivity contribution in [1.82, 2.24) is 14.9 Å². The van der Waals surface area contributed by atoms with E-state index in [9.17, 15) is 14.0 Å². The van der Waals surface area contributed by atoms with Crippen molar-refractivity contribution in [3.63, 3.8) is 0 Å². The third-order valence-electron chi connectivity index (χ3n) is 6.16. The first kappa shape index (κ1) is 19.2. The molecule has 8 heteroatoms. The third kappa shape index (κ3) is 2.86. The van der Waals surface area contributed by atoms with Gasteiger partial charge in [0.15, 0.2) is 0 Å². The minimum absolute atomic E-state index is 0.153. The van der Waals surface area contributed by atoms with Gasteiger partial charge in [0.05, 0.1) is 11.6 Å². The predicted octanol–water partition coefficient (Wildman–Crippen LogP) is 3.13. The standard InChI is InChI=1S/C23H20FN5O2/c1-25-22-26-12-15(13-27-22)20(30)29-11-10-23(19(29)14-6-8-16(24)9-7-14)17-4-2-3-5-18(17)28-21(23)31/h2-9,12-13,19H,10-11H2,1H3,(H,28,31)(H,25,26,27)/t19-,23+/m0/s1. The first-order valence-corrected chi connectivity index (χ1v) is 10.0. The second-order valence-corrected chi connectivity index (χ2v) is 7.72. The number of carbonyl (C=O) groups is 2. The average molecular weight is 417 g/mol. The van der Waals surface area contributed by atoms with E-state index in [-0.39, 0.29) is 17.6 Å². The number of aromatic nitrogens is 2. The summed E-state index contributed by atoms with van der Waals surface area (Å²) in [6.45, 7) is 0.371. The smallest absolute Gasteiger partial charge is 0.257 e. The SMILES string of the molecule is CNc1ncc(C(=O)N2CC[C@]3(C(=O)Nc4ccccc43)[C@@H]2c2ccc(F)cc2)cn1. The van der Waals surface area contributed by atoms with Crippen molar-refractivity contribution in [3.05, 3.63) is 83.4 Å². The number of rotatable bonds is 3. The molecule has 0 radical (unpaired) electrons. The summed E-state index contributed by atoms with van der Waals surface area (Å²) in [5, 5.41) is 5.80. The molecule has 7 nitrogen and oxygen atoms in total.